The van der Waals surface area contributed by atoms with E-state index < -0.39 is 0 Å². The van der Waals surface area contributed by atoms with Crippen molar-refractivity contribution in [2.75, 3.05) is 18.0 Å². The molecule has 7 nitrogen and oxygen atoms in total. The monoisotopic (exact) mass is 413 g/mol. The highest BCUT2D eigenvalue weighted by Crippen LogP contribution is 2.19. The summed E-state index contributed by atoms with van der Waals surface area (Å²) in [6.07, 6.45) is 5.16. The van der Waals surface area contributed by atoms with Crippen molar-refractivity contribution in [3.63, 3.8) is 0 Å². The first-order chi connectivity index (χ1) is 15.2. The minimum Gasteiger partial charge on any atom is -0.489 e. The van der Waals surface area contributed by atoms with Gasteiger partial charge in [-0.2, -0.15) is 5.26 Å². The Morgan fingerprint density at radius 3 is 2.65 bits per heavy atom. The van der Waals surface area contributed by atoms with Crippen molar-refractivity contribution in [1.29, 1.82) is 5.26 Å². The van der Waals surface area contributed by atoms with E-state index in [4.69, 9.17) is 4.74 Å². The number of nitrogens with zero attached hydrogens (tertiary/aromatic N) is 4. The third-order valence-corrected chi connectivity index (χ3v) is 5.29. The number of piperidine rings is 1. The van der Waals surface area contributed by atoms with Crippen LogP contribution in [0.5, 0.6) is 5.75 Å². The number of amides is 1. The van der Waals surface area contributed by atoms with Gasteiger partial charge in [-0.15, -0.1) is 0 Å². The Morgan fingerprint density at radius 1 is 1.10 bits per heavy atom. The fourth-order valence-corrected chi connectivity index (χ4v) is 3.59. The standard InChI is InChI=1S/C24H23N5O2/c25-16-19-5-1-2-6-20(19)17-31-22-8-3-7-18(15-22)23(30)28-21-9-13-29(14-10-21)24-26-11-4-12-27-24/h1-8,11-12,15,21H,9-10,13-14,17H2,(H,28,30). The molecular weight excluding hydrogens is 390 g/mol. The van der Waals surface area contributed by atoms with E-state index in [0.717, 1.165) is 37.4 Å². The summed E-state index contributed by atoms with van der Waals surface area (Å²) >= 11 is 0. The zero-order chi connectivity index (χ0) is 21.5. The molecule has 2 aromatic carbocycles. The van der Waals surface area contributed by atoms with Crippen LogP contribution in [0.1, 0.15) is 34.3 Å². The largest absolute Gasteiger partial charge is 0.489 e. The summed E-state index contributed by atoms with van der Waals surface area (Å²) < 4.78 is 5.83. The third-order valence-electron chi connectivity index (χ3n) is 5.29. The summed E-state index contributed by atoms with van der Waals surface area (Å²) in [5.74, 6) is 1.21. The van der Waals surface area contributed by atoms with Crippen LogP contribution in [0.4, 0.5) is 5.95 Å². The maximum absolute atomic E-state index is 12.7. The molecule has 1 N–H and O–H groups in total. The Hall–Kier alpha value is -3.92. The highest BCUT2D eigenvalue weighted by molar-refractivity contribution is 5.94. The van der Waals surface area contributed by atoms with Crippen LogP contribution >= 0.6 is 0 Å². The second kappa shape index (κ2) is 9.72. The van der Waals surface area contributed by atoms with Crippen LogP contribution in [0.3, 0.4) is 0 Å². The van der Waals surface area contributed by atoms with Crippen molar-refractivity contribution in [3.8, 4) is 11.8 Å². The Bertz CT molecular complexity index is 1070. The predicted octanol–water partition coefficient (Wildman–Crippen LogP) is 3.33. The lowest BCUT2D eigenvalue weighted by atomic mass is 10.0. The third kappa shape index (κ3) is 5.17. The summed E-state index contributed by atoms with van der Waals surface area (Å²) in [7, 11) is 0. The van der Waals surface area contributed by atoms with E-state index in [-0.39, 0.29) is 18.6 Å². The zero-order valence-electron chi connectivity index (χ0n) is 17.1. The van der Waals surface area contributed by atoms with Gasteiger partial charge in [0, 0.05) is 42.7 Å². The Kier molecular flexibility index (Phi) is 6.38. The number of nitrogens with one attached hydrogen (secondary N) is 1. The van der Waals surface area contributed by atoms with Gasteiger partial charge in [0.05, 0.1) is 11.6 Å². The molecule has 3 aromatic rings. The van der Waals surface area contributed by atoms with Gasteiger partial charge >= 0.3 is 0 Å². The van der Waals surface area contributed by atoms with Crippen molar-refractivity contribution in [2.45, 2.75) is 25.5 Å². The van der Waals surface area contributed by atoms with Crippen molar-refractivity contribution in [1.82, 2.24) is 15.3 Å². The molecule has 1 aliphatic rings. The minimum atomic E-state index is -0.114. The topological polar surface area (TPSA) is 91.1 Å². The predicted molar refractivity (Wildman–Crippen MR) is 117 cm³/mol. The number of anilines is 1. The number of aromatic nitrogens is 2. The van der Waals surface area contributed by atoms with Crippen LogP contribution in [-0.4, -0.2) is 35.0 Å². The molecule has 0 unspecified atom stereocenters. The average molecular weight is 413 g/mol. The smallest absolute Gasteiger partial charge is 0.251 e. The van der Waals surface area contributed by atoms with Gasteiger partial charge in [0.15, 0.2) is 0 Å². The van der Waals surface area contributed by atoms with Gasteiger partial charge in [-0.3, -0.25) is 4.79 Å². The van der Waals surface area contributed by atoms with E-state index in [1.165, 1.54) is 0 Å². The maximum Gasteiger partial charge on any atom is 0.251 e. The second-order valence-corrected chi connectivity index (χ2v) is 7.37. The van der Waals surface area contributed by atoms with Gasteiger partial charge in [0.1, 0.15) is 12.4 Å². The van der Waals surface area contributed by atoms with E-state index in [1.54, 1.807) is 42.7 Å². The van der Waals surface area contributed by atoms with Crippen molar-refractivity contribution < 1.29 is 9.53 Å². The molecule has 0 spiro atoms. The van der Waals surface area contributed by atoms with Gasteiger partial charge in [-0.25, -0.2) is 9.97 Å². The molecule has 1 fully saturated rings. The first kappa shape index (κ1) is 20.4. The van der Waals surface area contributed by atoms with Gasteiger partial charge in [0.25, 0.3) is 5.91 Å². The maximum atomic E-state index is 12.7. The fourth-order valence-electron chi connectivity index (χ4n) is 3.59. The van der Waals surface area contributed by atoms with Crippen molar-refractivity contribution >= 4 is 11.9 Å². The number of hydrogen-bond acceptors (Lipinski definition) is 6. The highest BCUT2D eigenvalue weighted by atomic mass is 16.5. The summed E-state index contributed by atoms with van der Waals surface area (Å²) in [5, 5.41) is 12.3. The molecule has 1 aromatic heterocycles. The van der Waals surface area contributed by atoms with E-state index >= 15 is 0 Å². The molecule has 2 heterocycles. The van der Waals surface area contributed by atoms with Gasteiger partial charge in [-0.1, -0.05) is 24.3 Å². The van der Waals surface area contributed by atoms with E-state index in [2.05, 4.69) is 26.3 Å². The molecule has 0 bridgehead atoms. The van der Waals surface area contributed by atoms with Crippen LogP contribution in [0, 0.1) is 11.3 Å². The molecule has 1 amide bonds. The molecule has 0 aliphatic carbocycles. The molecule has 0 radical (unpaired) electrons. The van der Waals surface area contributed by atoms with E-state index in [9.17, 15) is 10.1 Å². The summed E-state index contributed by atoms with van der Waals surface area (Å²) in [6.45, 7) is 1.88. The molecule has 1 saturated heterocycles. The molecular formula is C24H23N5O2. The molecule has 156 valence electrons. The van der Waals surface area contributed by atoms with Gasteiger partial charge in [-0.05, 0) is 43.2 Å². The van der Waals surface area contributed by atoms with Crippen LogP contribution in [0.15, 0.2) is 67.0 Å². The van der Waals surface area contributed by atoms with E-state index in [1.807, 2.05) is 24.3 Å². The lowest BCUT2D eigenvalue weighted by Gasteiger charge is -2.32. The lowest BCUT2D eigenvalue weighted by molar-refractivity contribution is 0.0930. The van der Waals surface area contributed by atoms with Gasteiger partial charge in [0.2, 0.25) is 5.95 Å². The number of rotatable bonds is 6. The van der Waals surface area contributed by atoms with Crippen LogP contribution < -0.4 is 15.0 Å². The lowest BCUT2D eigenvalue weighted by Crippen LogP contribution is -2.45. The van der Waals surface area contributed by atoms with Crippen LogP contribution in [-0.2, 0) is 6.61 Å². The number of benzene rings is 2. The quantitative estimate of drug-likeness (QED) is 0.667. The molecule has 7 heteroatoms. The summed E-state index contributed by atoms with van der Waals surface area (Å²) in [5.41, 5.74) is 1.96. The minimum absolute atomic E-state index is 0.111. The average Bonchev–Trinajstić information content (AvgIpc) is 2.84. The van der Waals surface area contributed by atoms with Gasteiger partial charge < -0.3 is 15.0 Å². The van der Waals surface area contributed by atoms with Crippen molar-refractivity contribution in [3.05, 3.63) is 83.7 Å². The van der Waals surface area contributed by atoms with Crippen LogP contribution in [0.2, 0.25) is 0 Å². The molecule has 0 saturated carbocycles. The summed E-state index contributed by atoms with van der Waals surface area (Å²) in [6, 6.07) is 18.5. The number of hydrogen-bond donors (Lipinski definition) is 1. The second-order valence-electron chi connectivity index (χ2n) is 7.37. The SMILES string of the molecule is N#Cc1ccccc1COc1cccc(C(=O)NC2CCN(c3ncccn3)CC2)c1. The normalized spacial score (nSPS) is 14.0. The molecule has 1 aliphatic heterocycles. The van der Waals surface area contributed by atoms with Crippen LogP contribution in [0.25, 0.3) is 0 Å². The Morgan fingerprint density at radius 2 is 1.87 bits per heavy atom. The van der Waals surface area contributed by atoms with Crippen molar-refractivity contribution in [2.24, 2.45) is 0 Å². The fraction of sp³-hybridized carbons (Fsp3) is 0.250. The Labute approximate surface area is 181 Å². The highest BCUT2D eigenvalue weighted by Gasteiger charge is 2.22. The Balaban J connectivity index is 1.32. The summed E-state index contributed by atoms with van der Waals surface area (Å²) in [4.78, 5) is 23.5. The number of carbonyl (C=O) groups excluding carboxylic acids is 1. The first-order valence-electron chi connectivity index (χ1n) is 10.3. The zero-order valence-corrected chi connectivity index (χ0v) is 17.1. The number of nitriles is 1. The molecule has 4 rings (SSSR count). The number of ether oxygens (including phenoxy) is 1. The molecule has 0 atom stereocenters. The number of carbonyl (C=O) groups is 1. The first-order valence-corrected chi connectivity index (χ1v) is 10.3. The van der Waals surface area contributed by atoms with E-state index in [0.29, 0.717) is 16.9 Å². The molecule has 31 heavy (non-hydrogen) atoms.